The van der Waals surface area contributed by atoms with Crippen molar-refractivity contribution < 1.29 is 14.0 Å². The number of likely N-dealkylation sites (tertiary alicyclic amines) is 1. The number of hydrogen-bond acceptors (Lipinski definition) is 3. The third kappa shape index (κ3) is 3.75. The third-order valence-electron chi connectivity index (χ3n) is 4.90. The van der Waals surface area contributed by atoms with E-state index in [0.29, 0.717) is 43.9 Å². The zero-order chi connectivity index (χ0) is 17.1. The molecule has 0 spiro atoms. The summed E-state index contributed by atoms with van der Waals surface area (Å²) in [7, 11) is 0. The van der Waals surface area contributed by atoms with E-state index >= 15 is 0 Å². The van der Waals surface area contributed by atoms with E-state index in [1.165, 1.54) is 6.07 Å². The van der Waals surface area contributed by atoms with Gasteiger partial charge in [-0.15, -0.1) is 0 Å². The zero-order valence-corrected chi connectivity index (χ0v) is 14.1. The first-order valence-corrected chi connectivity index (χ1v) is 8.60. The van der Waals surface area contributed by atoms with Crippen LogP contribution in [0.2, 0.25) is 0 Å². The Morgan fingerprint density at radius 2 is 1.67 bits per heavy atom. The van der Waals surface area contributed by atoms with Gasteiger partial charge in [0.25, 0.3) is 5.91 Å². The predicted molar refractivity (Wildman–Crippen MR) is 89.3 cm³/mol. The number of nitrogens with zero attached hydrogens (tertiary/aromatic N) is 3. The second kappa shape index (κ2) is 7.30. The number of carbonyl (C=O) groups is 2. The average molecular weight is 333 g/mol. The average Bonchev–Trinajstić information content (AvgIpc) is 3.12. The first kappa shape index (κ1) is 16.9. The molecular weight excluding hydrogens is 309 g/mol. The smallest absolute Gasteiger partial charge is 0.254 e. The Labute approximate surface area is 142 Å². The molecule has 130 valence electrons. The van der Waals surface area contributed by atoms with E-state index in [2.05, 4.69) is 4.90 Å². The van der Waals surface area contributed by atoms with Gasteiger partial charge in [-0.3, -0.25) is 14.5 Å². The van der Waals surface area contributed by atoms with E-state index in [1.807, 2.05) is 4.90 Å². The van der Waals surface area contributed by atoms with Gasteiger partial charge in [0.1, 0.15) is 5.82 Å². The summed E-state index contributed by atoms with van der Waals surface area (Å²) in [5.41, 5.74) is 0.927. The van der Waals surface area contributed by atoms with Crippen molar-refractivity contribution in [2.45, 2.75) is 19.8 Å². The summed E-state index contributed by atoms with van der Waals surface area (Å²) >= 11 is 0. The number of rotatable bonds is 3. The van der Waals surface area contributed by atoms with Crippen molar-refractivity contribution in [3.8, 4) is 0 Å². The standard InChI is InChI=1S/C18H24FN3O2/c1-14-4-5-15(12-16(14)19)18(24)22-10-8-20(9-11-22)13-17(23)21-6-2-3-7-21/h4-5,12H,2-3,6-11,13H2,1H3. The highest BCUT2D eigenvalue weighted by Crippen LogP contribution is 2.14. The van der Waals surface area contributed by atoms with Gasteiger partial charge >= 0.3 is 0 Å². The van der Waals surface area contributed by atoms with Crippen LogP contribution in [0.1, 0.15) is 28.8 Å². The quantitative estimate of drug-likeness (QED) is 0.842. The Bertz CT molecular complexity index is 621. The Balaban J connectivity index is 1.51. The molecule has 0 saturated carbocycles. The van der Waals surface area contributed by atoms with Gasteiger partial charge in [0.2, 0.25) is 5.91 Å². The molecule has 0 radical (unpaired) electrons. The molecule has 2 aliphatic rings. The van der Waals surface area contributed by atoms with Crippen LogP contribution in [0.5, 0.6) is 0 Å². The molecule has 1 aromatic rings. The van der Waals surface area contributed by atoms with Crippen molar-refractivity contribution in [2.75, 3.05) is 45.8 Å². The van der Waals surface area contributed by atoms with Crippen LogP contribution >= 0.6 is 0 Å². The number of halogens is 1. The third-order valence-corrected chi connectivity index (χ3v) is 4.90. The van der Waals surface area contributed by atoms with E-state index in [-0.39, 0.29) is 17.6 Å². The van der Waals surface area contributed by atoms with E-state index < -0.39 is 0 Å². The molecule has 2 saturated heterocycles. The molecular formula is C18H24FN3O2. The maximum atomic E-state index is 13.6. The fraction of sp³-hybridized carbons (Fsp3) is 0.556. The summed E-state index contributed by atoms with van der Waals surface area (Å²) in [5, 5.41) is 0. The number of carbonyl (C=O) groups excluding carboxylic acids is 2. The number of piperazine rings is 1. The summed E-state index contributed by atoms with van der Waals surface area (Å²) in [4.78, 5) is 30.4. The maximum absolute atomic E-state index is 13.6. The van der Waals surface area contributed by atoms with Crippen molar-refractivity contribution in [1.82, 2.24) is 14.7 Å². The lowest BCUT2D eigenvalue weighted by Gasteiger charge is -2.35. The minimum absolute atomic E-state index is 0.139. The molecule has 2 aliphatic heterocycles. The molecule has 6 heteroatoms. The van der Waals surface area contributed by atoms with Gasteiger partial charge in [0.05, 0.1) is 6.54 Å². The highest BCUT2D eigenvalue weighted by atomic mass is 19.1. The van der Waals surface area contributed by atoms with Crippen molar-refractivity contribution in [3.63, 3.8) is 0 Å². The Morgan fingerprint density at radius 1 is 1.00 bits per heavy atom. The minimum atomic E-state index is -0.351. The number of hydrogen-bond donors (Lipinski definition) is 0. The van der Waals surface area contributed by atoms with Gasteiger partial charge in [-0.25, -0.2) is 4.39 Å². The second-order valence-corrected chi connectivity index (χ2v) is 6.62. The molecule has 1 aromatic carbocycles. The first-order valence-electron chi connectivity index (χ1n) is 8.60. The minimum Gasteiger partial charge on any atom is -0.342 e. The highest BCUT2D eigenvalue weighted by molar-refractivity contribution is 5.94. The molecule has 24 heavy (non-hydrogen) atoms. The van der Waals surface area contributed by atoms with E-state index in [1.54, 1.807) is 24.0 Å². The summed E-state index contributed by atoms with van der Waals surface area (Å²) in [6.07, 6.45) is 2.20. The van der Waals surface area contributed by atoms with Crippen LogP contribution in [0.15, 0.2) is 18.2 Å². The molecule has 2 fully saturated rings. The SMILES string of the molecule is Cc1ccc(C(=O)N2CCN(CC(=O)N3CCCC3)CC2)cc1F. The maximum Gasteiger partial charge on any atom is 0.254 e. The van der Waals surface area contributed by atoms with Gasteiger partial charge in [0, 0.05) is 44.8 Å². The topological polar surface area (TPSA) is 43.9 Å². The Kier molecular flexibility index (Phi) is 5.14. The van der Waals surface area contributed by atoms with E-state index in [9.17, 15) is 14.0 Å². The van der Waals surface area contributed by atoms with Crippen molar-refractivity contribution in [2.24, 2.45) is 0 Å². The van der Waals surface area contributed by atoms with Crippen LogP contribution in [0.3, 0.4) is 0 Å². The number of amides is 2. The van der Waals surface area contributed by atoms with Gasteiger partial charge < -0.3 is 9.80 Å². The fourth-order valence-corrected chi connectivity index (χ4v) is 3.28. The molecule has 2 heterocycles. The highest BCUT2D eigenvalue weighted by Gasteiger charge is 2.26. The lowest BCUT2D eigenvalue weighted by Crippen LogP contribution is -2.51. The number of benzene rings is 1. The van der Waals surface area contributed by atoms with Crippen LogP contribution in [0.4, 0.5) is 4.39 Å². The van der Waals surface area contributed by atoms with Crippen LogP contribution < -0.4 is 0 Å². The van der Waals surface area contributed by atoms with Crippen LogP contribution in [0, 0.1) is 12.7 Å². The Hall–Kier alpha value is -1.95. The second-order valence-electron chi connectivity index (χ2n) is 6.62. The van der Waals surface area contributed by atoms with Crippen LogP contribution in [-0.4, -0.2) is 72.3 Å². The van der Waals surface area contributed by atoms with Gasteiger partial charge in [-0.05, 0) is 37.5 Å². The largest absolute Gasteiger partial charge is 0.342 e. The molecule has 5 nitrogen and oxygen atoms in total. The zero-order valence-electron chi connectivity index (χ0n) is 14.1. The number of aryl methyl sites for hydroxylation is 1. The molecule has 0 unspecified atom stereocenters. The summed E-state index contributed by atoms with van der Waals surface area (Å²) in [6, 6.07) is 4.61. The van der Waals surface area contributed by atoms with Gasteiger partial charge in [-0.1, -0.05) is 6.07 Å². The summed E-state index contributed by atoms with van der Waals surface area (Å²) in [6.45, 7) is 6.36. The molecule has 0 N–H and O–H groups in total. The molecule has 0 aliphatic carbocycles. The van der Waals surface area contributed by atoms with Crippen molar-refractivity contribution in [1.29, 1.82) is 0 Å². The fourth-order valence-electron chi connectivity index (χ4n) is 3.28. The summed E-state index contributed by atoms with van der Waals surface area (Å²) in [5.74, 6) is -0.303. The normalized spacial score (nSPS) is 18.9. The lowest BCUT2D eigenvalue weighted by molar-refractivity contribution is -0.131. The monoisotopic (exact) mass is 333 g/mol. The predicted octanol–water partition coefficient (Wildman–Crippen LogP) is 1.51. The molecule has 0 atom stereocenters. The van der Waals surface area contributed by atoms with E-state index in [4.69, 9.17) is 0 Å². The van der Waals surface area contributed by atoms with E-state index in [0.717, 1.165) is 25.9 Å². The molecule has 0 bridgehead atoms. The first-order chi connectivity index (χ1) is 11.5. The Morgan fingerprint density at radius 3 is 2.29 bits per heavy atom. The van der Waals surface area contributed by atoms with Crippen LogP contribution in [0.25, 0.3) is 0 Å². The van der Waals surface area contributed by atoms with Crippen molar-refractivity contribution >= 4 is 11.8 Å². The van der Waals surface area contributed by atoms with Gasteiger partial charge in [0.15, 0.2) is 0 Å². The van der Waals surface area contributed by atoms with Crippen molar-refractivity contribution in [3.05, 3.63) is 35.1 Å². The lowest BCUT2D eigenvalue weighted by atomic mass is 10.1. The van der Waals surface area contributed by atoms with Gasteiger partial charge in [-0.2, -0.15) is 0 Å². The summed E-state index contributed by atoms with van der Waals surface area (Å²) < 4.78 is 13.6. The molecule has 2 amide bonds. The molecule has 3 rings (SSSR count). The van der Waals surface area contributed by atoms with Crippen LogP contribution in [-0.2, 0) is 4.79 Å². The molecule has 0 aromatic heterocycles.